The summed E-state index contributed by atoms with van der Waals surface area (Å²) >= 11 is 0. The first-order valence-electron chi connectivity index (χ1n) is 12.3. The van der Waals surface area contributed by atoms with Gasteiger partial charge < -0.3 is 23.8 Å². The van der Waals surface area contributed by atoms with E-state index >= 15 is 0 Å². The molecule has 1 aliphatic carbocycles. The number of anilines is 1. The van der Waals surface area contributed by atoms with Crippen LogP contribution in [0.2, 0.25) is 0 Å². The molecule has 0 saturated heterocycles. The molecule has 0 amide bonds. The Morgan fingerprint density at radius 2 is 1.73 bits per heavy atom. The van der Waals surface area contributed by atoms with Gasteiger partial charge in [-0.05, 0) is 61.5 Å². The van der Waals surface area contributed by atoms with Crippen LogP contribution in [0, 0.1) is 6.92 Å². The number of nitrogens with zero attached hydrogens (tertiary/aromatic N) is 5. The first-order valence-corrected chi connectivity index (χ1v) is 12.3. The second kappa shape index (κ2) is 10.0. The first kappa shape index (κ1) is 24.5. The van der Waals surface area contributed by atoms with E-state index in [4.69, 9.17) is 13.8 Å². The number of carboxylic acids is 1. The number of carboxylic acid groups (broad SMARTS) is 1. The average Bonchev–Trinajstić information content (AvgIpc) is 3.44. The molecule has 1 N–H and O–H groups in total. The van der Waals surface area contributed by atoms with Gasteiger partial charge in [0, 0.05) is 31.5 Å². The summed E-state index contributed by atoms with van der Waals surface area (Å²) in [6.07, 6.45) is 2.96. The van der Waals surface area contributed by atoms with Gasteiger partial charge in [0.25, 0.3) is 5.95 Å². The molecule has 5 rings (SSSR count). The number of hydrogen-bond donors (Lipinski definition) is 1. The van der Waals surface area contributed by atoms with Crippen LogP contribution in [0.4, 0.5) is 5.95 Å². The van der Waals surface area contributed by atoms with Crippen molar-refractivity contribution in [2.24, 2.45) is 0 Å². The molecule has 0 unspecified atom stereocenters. The van der Waals surface area contributed by atoms with E-state index in [-0.39, 0.29) is 0 Å². The van der Waals surface area contributed by atoms with Gasteiger partial charge in [-0.3, -0.25) is 0 Å². The highest BCUT2D eigenvalue weighted by Gasteiger charge is 2.30. The lowest BCUT2D eigenvalue weighted by Gasteiger charge is -2.22. The lowest BCUT2D eigenvalue weighted by molar-refractivity contribution is -0.152. The van der Waals surface area contributed by atoms with Gasteiger partial charge in [-0.1, -0.05) is 41.6 Å². The highest BCUT2D eigenvalue weighted by molar-refractivity contribution is 5.76. The Kier molecular flexibility index (Phi) is 6.64. The smallest absolute Gasteiger partial charge is 0.347 e. The third-order valence-electron chi connectivity index (χ3n) is 6.24. The summed E-state index contributed by atoms with van der Waals surface area (Å²) in [5, 5.41) is 17.5. The molecule has 2 aromatic carbocycles. The van der Waals surface area contributed by atoms with Crippen molar-refractivity contribution in [3.8, 4) is 17.1 Å². The van der Waals surface area contributed by atoms with Crippen LogP contribution in [0.5, 0.6) is 5.75 Å². The van der Waals surface area contributed by atoms with Gasteiger partial charge in [-0.25, -0.2) is 4.79 Å². The molecule has 2 aromatic heterocycles. The van der Waals surface area contributed by atoms with E-state index in [1.165, 1.54) is 13.8 Å². The van der Waals surface area contributed by atoms with Crippen LogP contribution in [-0.2, 0) is 17.8 Å². The molecule has 0 radical (unpaired) electrons. The van der Waals surface area contributed by atoms with Crippen molar-refractivity contribution in [3.63, 3.8) is 0 Å². The van der Waals surface area contributed by atoms with Crippen molar-refractivity contribution in [3.05, 3.63) is 71.4 Å². The molecule has 1 aliphatic rings. The number of carbonyl (C=O) groups is 1. The second-order valence-electron chi connectivity index (χ2n) is 9.77. The van der Waals surface area contributed by atoms with Crippen molar-refractivity contribution in [2.45, 2.75) is 58.1 Å². The second-order valence-corrected chi connectivity index (χ2v) is 9.77. The lowest BCUT2D eigenvalue weighted by atomic mass is 10.1. The normalized spacial score (nSPS) is 13.5. The fraction of sp³-hybridized carbons (Fsp3) is 0.370. The zero-order valence-electron chi connectivity index (χ0n) is 21.0. The molecule has 4 aromatic rings. The summed E-state index contributed by atoms with van der Waals surface area (Å²) in [6, 6.07) is 15.5. The number of benzene rings is 2. The van der Waals surface area contributed by atoms with Crippen molar-refractivity contribution in [1.82, 2.24) is 20.3 Å². The van der Waals surface area contributed by atoms with Crippen LogP contribution in [-0.4, -0.2) is 43.5 Å². The summed E-state index contributed by atoms with van der Waals surface area (Å²) in [5.74, 6) is 2.27. The van der Waals surface area contributed by atoms with E-state index < -0.39 is 11.6 Å². The first-order chi connectivity index (χ1) is 17.8. The highest BCUT2D eigenvalue weighted by Crippen LogP contribution is 2.39. The van der Waals surface area contributed by atoms with E-state index in [0.717, 1.165) is 41.8 Å². The Morgan fingerprint density at radius 3 is 2.35 bits per heavy atom. The SMILES string of the molecule is Cc1nc(N(CCc2ccc(OC(C)(C)C(=O)O)cc2)Cc2ccc(-c3noc(C4CC4)n3)cc2)no1. The zero-order chi connectivity index (χ0) is 26.0. The van der Waals surface area contributed by atoms with Gasteiger partial charge in [0.15, 0.2) is 5.60 Å². The topological polar surface area (TPSA) is 128 Å². The minimum atomic E-state index is -1.30. The molecule has 1 fully saturated rings. The predicted molar refractivity (Wildman–Crippen MR) is 134 cm³/mol. The van der Waals surface area contributed by atoms with E-state index in [1.54, 1.807) is 19.1 Å². The Bertz CT molecular complexity index is 1360. The van der Waals surface area contributed by atoms with Gasteiger partial charge in [-0.2, -0.15) is 9.97 Å². The van der Waals surface area contributed by atoms with Crippen LogP contribution < -0.4 is 9.64 Å². The highest BCUT2D eigenvalue weighted by atomic mass is 16.5. The van der Waals surface area contributed by atoms with E-state index in [0.29, 0.717) is 42.4 Å². The number of hydrogen-bond acceptors (Lipinski definition) is 9. The predicted octanol–water partition coefficient (Wildman–Crippen LogP) is 4.80. The number of aliphatic carboxylic acids is 1. The van der Waals surface area contributed by atoms with Crippen molar-refractivity contribution >= 4 is 11.9 Å². The minimum absolute atomic E-state index is 0.424. The minimum Gasteiger partial charge on any atom is -0.478 e. The van der Waals surface area contributed by atoms with E-state index in [2.05, 4.69) is 25.2 Å². The van der Waals surface area contributed by atoms with Crippen molar-refractivity contribution in [2.75, 3.05) is 11.4 Å². The van der Waals surface area contributed by atoms with Gasteiger partial charge in [0.05, 0.1) is 0 Å². The van der Waals surface area contributed by atoms with Gasteiger partial charge in [0.2, 0.25) is 17.6 Å². The van der Waals surface area contributed by atoms with Crippen molar-refractivity contribution in [1.29, 1.82) is 0 Å². The van der Waals surface area contributed by atoms with E-state index in [1.807, 2.05) is 36.4 Å². The van der Waals surface area contributed by atoms with Crippen LogP contribution in [0.25, 0.3) is 11.4 Å². The summed E-state index contributed by atoms with van der Waals surface area (Å²) < 4.78 is 16.2. The fourth-order valence-electron chi connectivity index (χ4n) is 3.82. The molecule has 0 spiro atoms. The van der Waals surface area contributed by atoms with Crippen LogP contribution >= 0.6 is 0 Å². The van der Waals surface area contributed by atoms with Crippen LogP contribution in [0.15, 0.2) is 57.6 Å². The third kappa shape index (κ3) is 5.96. The van der Waals surface area contributed by atoms with Crippen LogP contribution in [0.3, 0.4) is 0 Å². The molecule has 192 valence electrons. The fourth-order valence-corrected chi connectivity index (χ4v) is 3.82. The zero-order valence-corrected chi connectivity index (χ0v) is 21.0. The molecule has 1 saturated carbocycles. The summed E-state index contributed by atoms with van der Waals surface area (Å²) in [6.45, 7) is 6.05. The summed E-state index contributed by atoms with van der Waals surface area (Å²) in [4.78, 5) is 22.3. The van der Waals surface area contributed by atoms with Gasteiger partial charge in [0.1, 0.15) is 5.75 Å². The largest absolute Gasteiger partial charge is 0.478 e. The number of ether oxygens (including phenoxy) is 1. The summed E-state index contributed by atoms with van der Waals surface area (Å²) in [5.41, 5.74) is 1.77. The molecular formula is C27H29N5O5. The molecule has 2 heterocycles. The standard InChI is InChI=1S/C27H29N5O5/c1-17-28-26(31-36-17)32(15-14-18-6-12-22(13-7-18)35-27(2,3)25(33)34)16-19-4-8-20(9-5-19)23-29-24(37-30-23)21-10-11-21/h4-9,12-13,21H,10-11,14-16H2,1-3H3,(H,33,34). The number of aromatic nitrogens is 4. The maximum absolute atomic E-state index is 11.3. The average molecular weight is 504 g/mol. The Labute approximate surface area is 214 Å². The Hall–Kier alpha value is -4.21. The monoisotopic (exact) mass is 503 g/mol. The summed E-state index contributed by atoms with van der Waals surface area (Å²) in [7, 11) is 0. The molecule has 0 bridgehead atoms. The van der Waals surface area contributed by atoms with Gasteiger partial charge >= 0.3 is 5.97 Å². The maximum atomic E-state index is 11.3. The van der Waals surface area contributed by atoms with E-state index in [9.17, 15) is 9.90 Å². The lowest BCUT2D eigenvalue weighted by Crippen LogP contribution is -2.37. The van der Waals surface area contributed by atoms with Crippen molar-refractivity contribution < 1.29 is 23.7 Å². The molecular weight excluding hydrogens is 474 g/mol. The van der Waals surface area contributed by atoms with Crippen LogP contribution in [0.1, 0.15) is 55.5 Å². The Balaban J connectivity index is 1.25. The molecule has 37 heavy (non-hydrogen) atoms. The third-order valence-corrected chi connectivity index (χ3v) is 6.24. The molecule has 10 heteroatoms. The maximum Gasteiger partial charge on any atom is 0.347 e. The number of aryl methyl sites for hydroxylation is 1. The molecule has 0 atom stereocenters. The van der Waals surface area contributed by atoms with Gasteiger partial charge in [-0.15, -0.1) is 0 Å². The quantitative estimate of drug-likeness (QED) is 0.305. The Morgan fingerprint density at radius 1 is 1.03 bits per heavy atom. The molecule has 10 nitrogen and oxygen atoms in total. The number of rotatable bonds is 11. The molecule has 0 aliphatic heterocycles.